The number of halogens is 2. The number of rotatable bonds is 3. The van der Waals surface area contributed by atoms with Gasteiger partial charge in [0.15, 0.2) is 11.6 Å². The number of pyridine rings is 1. The average Bonchev–Trinajstić information content (AvgIpc) is 3.09. The molecule has 2 aliphatic heterocycles. The molecule has 0 radical (unpaired) electrons. The highest BCUT2D eigenvalue weighted by molar-refractivity contribution is 5.85. The first-order valence-corrected chi connectivity index (χ1v) is 8.97. The standard InChI is InChI=1S/C20H21F2N3O/c21-16-6-3-5-15(18(16)22)13-24-11-4-8-20(19(24)26)9-12-25(14-20)17-7-1-2-10-23-17/h1-3,5-7,10H,4,8-9,11-14H2. The van der Waals surface area contributed by atoms with Crippen LogP contribution in [0.3, 0.4) is 0 Å². The molecule has 1 spiro atoms. The van der Waals surface area contributed by atoms with Gasteiger partial charge in [0.05, 0.1) is 5.41 Å². The second kappa shape index (κ2) is 6.67. The molecule has 2 aliphatic rings. The van der Waals surface area contributed by atoms with Crippen molar-refractivity contribution in [1.29, 1.82) is 0 Å². The van der Waals surface area contributed by atoms with Crippen LogP contribution in [0, 0.1) is 17.0 Å². The zero-order valence-corrected chi connectivity index (χ0v) is 14.5. The smallest absolute Gasteiger partial charge is 0.230 e. The maximum Gasteiger partial charge on any atom is 0.230 e. The summed E-state index contributed by atoms with van der Waals surface area (Å²) in [6.45, 7) is 2.11. The number of carbonyl (C=O) groups is 1. The number of hydrogen-bond donors (Lipinski definition) is 0. The summed E-state index contributed by atoms with van der Waals surface area (Å²) >= 11 is 0. The number of benzene rings is 1. The number of piperidine rings is 1. The summed E-state index contributed by atoms with van der Waals surface area (Å²) in [6, 6.07) is 9.88. The molecule has 4 rings (SSSR count). The molecule has 26 heavy (non-hydrogen) atoms. The lowest BCUT2D eigenvalue weighted by Crippen LogP contribution is -2.49. The van der Waals surface area contributed by atoms with E-state index in [1.165, 1.54) is 6.07 Å². The van der Waals surface area contributed by atoms with Crippen LogP contribution < -0.4 is 4.90 Å². The molecule has 2 fully saturated rings. The monoisotopic (exact) mass is 357 g/mol. The molecular weight excluding hydrogens is 336 g/mol. The van der Waals surface area contributed by atoms with E-state index in [4.69, 9.17) is 0 Å². The number of hydrogen-bond acceptors (Lipinski definition) is 3. The molecule has 0 aliphatic carbocycles. The van der Waals surface area contributed by atoms with E-state index in [1.807, 2.05) is 18.2 Å². The molecule has 0 bridgehead atoms. The Kier molecular flexibility index (Phi) is 4.34. The summed E-state index contributed by atoms with van der Waals surface area (Å²) in [5, 5.41) is 0. The van der Waals surface area contributed by atoms with Crippen molar-refractivity contribution < 1.29 is 13.6 Å². The van der Waals surface area contributed by atoms with Crippen molar-refractivity contribution in [2.75, 3.05) is 24.5 Å². The lowest BCUT2D eigenvalue weighted by atomic mass is 9.78. The number of anilines is 1. The Balaban J connectivity index is 1.52. The van der Waals surface area contributed by atoms with Crippen LogP contribution in [0.1, 0.15) is 24.8 Å². The third-order valence-electron chi connectivity index (χ3n) is 5.54. The first kappa shape index (κ1) is 16.9. The number of nitrogens with zero attached hydrogens (tertiary/aromatic N) is 3. The van der Waals surface area contributed by atoms with E-state index in [2.05, 4.69) is 9.88 Å². The van der Waals surface area contributed by atoms with E-state index < -0.39 is 17.0 Å². The van der Waals surface area contributed by atoms with Crippen LogP contribution in [0.15, 0.2) is 42.6 Å². The van der Waals surface area contributed by atoms with Gasteiger partial charge in [-0.2, -0.15) is 0 Å². The van der Waals surface area contributed by atoms with Crippen molar-refractivity contribution in [2.45, 2.75) is 25.8 Å². The van der Waals surface area contributed by atoms with E-state index in [0.29, 0.717) is 13.1 Å². The highest BCUT2D eigenvalue weighted by atomic mass is 19.2. The van der Waals surface area contributed by atoms with Gasteiger partial charge in [0.25, 0.3) is 0 Å². The summed E-state index contributed by atoms with van der Waals surface area (Å²) < 4.78 is 27.5. The van der Waals surface area contributed by atoms with Gasteiger partial charge < -0.3 is 9.80 Å². The van der Waals surface area contributed by atoms with Crippen LogP contribution in [0.25, 0.3) is 0 Å². The van der Waals surface area contributed by atoms with Crippen molar-refractivity contribution in [3.63, 3.8) is 0 Å². The van der Waals surface area contributed by atoms with Crippen molar-refractivity contribution in [2.24, 2.45) is 5.41 Å². The minimum Gasteiger partial charge on any atom is -0.356 e. The first-order valence-electron chi connectivity index (χ1n) is 8.97. The minimum atomic E-state index is -0.871. The summed E-state index contributed by atoms with van der Waals surface area (Å²) in [5.41, 5.74) is -0.213. The summed E-state index contributed by atoms with van der Waals surface area (Å²) in [4.78, 5) is 21.4. The molecule has 1 aromatic carbocycles. The van der Waals surface area contributed by atoms with Crippen molar-refractivity contribution in [3.8, 4) is 0 Å². The molecule has 136 valence electrons. The molecular formula is C20H21F2N3O. The Hall–Kier alpha value is -2.50. The number of amides is 1. The molecule has 1 amide bonds. The summed E-state index contributed by atoms with van der Waals surface area (Å²) in [7, 11) is 0. The second-order valence-corrected chi connectivity index (χ2v) is 7.18. The lowest BCUT2D eigenvalue weighted by molar-refractivity contribution is -0.145. The van der Waals surface area contributed by atoms with Gasteiger partial charge in [0.1, 0.15) is 5.82 Å². The Morgan fingerprint density at radius 3 is 2.77 bits per heavy atom. The molecule has 3 heterocycles. The molecule has 0 saturated carbocycles. The van der Waals surface area contributed by atoms with E-state index >= 15 is 0 Å². The molecule has 1 unspecified atom stereocenters. The zero-order chi connectivity index (χ0) is 18.1. The second-order valence-electron chi connectivity index (χ2n) is 7.18. The van der Waals surface area contributed by atoms with Crippen LogP contribution in [-0.4, -0.2) is 35.4 Å². The molecule has 4 nitrogen and oxygen atoms in total. The SMILES string of the molecule is O=C1N(Cc2cccc(F)c2F)CCCC12CCN(c1ccccn1)C2. The quantitative estimate of drug-likeness (QED) is 0.845. The third-order valence-corrected chi connectivity index (χ3v) is 5.54. The van der Waals surface area contributed by atoms with E-state index in [1.54, 1.807) is 17.2 Å². The first-order chi connectivity index (χ1) is 12.6. The average molecular weight is 357 g/mol. The highest BCUT2D eigenvalue weighted by Crippen LogP contribution is 2.41. The van der Waals surface area contributed by atoms with Crippen molar-refractivity contribution in [3.05, 3.63) is 59.8 Å². The minimum absolute atomic E-state index is 0.0471. The highest BCUT2D eigenvalue weighted by Gasteiger charge is 2.48. The van der Waals surface area contributed by atoms with Crippen molar-refractivity contribution >= 4 is 11.7 Å². The number of aromatic nitrogens is 1. The van der Waals surface area contributed by atoms with Crippen molar-refractivity contribution in [1.82, 2.24) is 9.88 Å². The van der Waals surface area contributed by atoms with Crippen LogP contribution in [0.2, 0.25) is 0 Å². The van der Waals surface area contributed by atoms with Gasteiger partial charge in [-0.3, -0.25) is 4.79 Å². The van der Waals surface area contributed by atoms with Gasteiger partial charge in [-0.25, -0.2) is 13.8 Å². The van der Waals surface area contributed by atoms with E-state index in [9.17, 15) is 13.6 Å². The van der Waals surface area contributed by atoms with Gasteiger partial charge in [-0.05, 0) is 37.5 Å². The van der Waals surface area contributed by atoms with Gasteiger partial charge >= 0.3 is 0 Å². The predicted molar refractivity (Wildman–Crippen MR) is 94.5 cm³/mol. The van der Waals surface area contributed by atoms with Gasteiger partial charge in [0.2, 0.25) is 5.91 Å². The molecule has 1 atom stereocenters. The molecule has 6 heteroatoms. The van der Waals surface area contributed by atoms with Gasteiger partial charge in [-0.1, -0.05) is 18.2 Å². The molecule has 2 saturated heterocycles. The summed E-state index contributed by atoms with van der Waals surface area (Å²) in [6.07, 6.45) is 4.22. The lowest BCUT2D eigenvalue weighted by Gasteiger charge is -2.39. The molecule has 2 aromatic rings. The fourth-order valence-corrected chi connectivity index (χ4v) is 4.17. The van der Waals surface area contributed by atoms with Crippen LogP contribution in [0.5, 0.6) is 0 Å². The van der Waals surface area contributed by atoms with Gasteiger partial charge in [-0.15, -0.1) is 0 Å². The Morgan fingerprint density at radius 1 is 1.08 bits per heavy atom. The Labute approximate surface area is 151 Å². The number of likely N-dealkylation sites (tertiary alicyclic amines) is 1. The Bertz CT molecular complexity index is 814. The molecule has 1 aromatic heterocycles. The normalized spacial score (nSPS) is 23.1. The van der Waals surface area contributed by atoms with Gasteiger partial charge in [0, 0.05) is 37.9 Å². The van der Waals surface area contributed by atoms with Crippen LogP contribution >= 0.6 is 0 Å². The Morgan fingerprint density at radius 2 is 1.96 bits per heavy atom. The predicted octanol–water partition coefficient (Wildman–Crippen LogP) is 3.38. The van der Waals surface area contributed by atoms with E-state index in [-0.39, 0.29) is 18.0 Å². The largest absolute Gasteiger partial charge is 0.356 e. The van der Waals surface area contributed by atoms with E-state index in [0.717, 1.165) is 37.7 Å². The maximum absolute atomic E-state index is 14.0. The molecule has 0 N–H and O–H groups in total. The summed E-state index contributed by atoms with van der Waals surface area (Å²) in [5.74, 6) is -0.804. The fourth-order valence-electron chi connectivity index (χ4n) is 4.17. The van der Waals surface area contributed by atoms with Crippen LogP contribution in [-0.2, 0) is 11.3 Å². The fraction of sp³-hybridized carbons (Fsp3) is 0.400. The number of carbonyl (C=O) groups excluding carboxylic acids is 1. The maximum atomic E-state index is 14.0. The zero-order valence-electron chi connectivity index (χ0n) is 14.5. The van der Waals surface area contributed by atoms with Crippen LogP contribution in [0.4, 0.5) is 14.6 Å². The topological polar surface area (TPSA) is 36.4 Å². The third kappa shape index (κ3) is 2.93.